The molecule has 2 aliphatic rings. The van der Waals surface area contributed by atoms with Gasteiger partial charge in [0.05, 0.1) is 12.1 Å². The quantitative estimate of drug-likeness (QED) is 0.317. The van der Waals surface area contributed by atoms with Gasteiger partial charge in [-0.3, -0.25) is 14.5 Å². The first-order valence-electron chi connectivity index (χ1n) is 14.1. The van der Waals surface area contributed by atoms with E-state index < -0.39 is 6.04 Å². The van der Waals surface area contributed by atoms with Gasteiger partial charge < -0.3 is 19.5 Å². The molecule has 1 saturated carbocycles. The van der Waals surface area contributed by atoms with E-state index >= 15 is 0 Å². The molecule has 2 heterocycles. The van der Waals surface area contributed by atoms with Crippen LogP contribution in [0.2, 0.25) is 0 Å². The Labute approximate surface area is 238 Å². The summed E-state index contributed by atoms with van der Waals surface area (Å²) < 4.78 is 18.4. The second-order valence-electron chi connectivity index (χ2n) is 10.3. The van der Waals surface area contributed by atoms with Crippen LogP contribution in [0.25, 0.3) is 11.0 Å². The molecule has 4 aromatic rings. The third-order valence-electron chi connectivity index (χ3n) is 7.57. The summed E-state index contributed by atoms with van der Waals surface area (Å²) in [6.07, 6.45) is 5.16. The predicted molar refractivity (Wildman–Crippen MR) is 153 cm³/mol. The maximum atomic E-state index is 14.3. The first-order chi connectivity index (χ1) is 20.1. The van der Waals surface area contributed by atoms with E-state index in [1.54, 1.807) is 22.9 Å². The van der Waals surface area contributed by atoms with Crippen molar-refractivity contribution in [2.45, 2.75) is 57.7 Å². The highest BCUT2D eigenvalue weighted by Gasteiger charge is 2.35. The predicted octanol–water partition coefficient (Wildman–Crippen LogP) is 4.78. The summed E-state index contributed by atoms with van der Waals surface area (Å²) in [5, 5.41) is 11.7. The number of amides is 2. The number of aromatic nitrogens is 3. The number of benzene rings is 3. The number of nitrogens with zero attached hydrogens (tertiary/aromatic N) is 4. The lowest BCUT2D eigenvalue weighted by atomic mass is 9.94. The molecule has 2 amide bonds. The summed E-state index contributed by atoms with van der Waals surface area (Å²) in [7, 11) is 0. The van der Waals surface area contributed by atoms with Crippen molar-refractivity contribution in [3.05, 3.63) is 72.3 Å². The molecular weight excluding hydrogens is 522 g/mol. The number of ether oxygens (including phenoxy) is 3. The van der Waals surface area contributed by atoms with Crippen LogP contribution in [0.4, 0.5) is 5.69 Å². The molecule has 6 rings (SSSR count). The van der Waals surface area contributed by atoms with Gasteiger partial charge in [-0.15, -0.1) is 5.10 Å². The van der Waals surface area contributed by atoms with Crippen molar-refractivity contribution in [3.63, 3.8) is 0 Å². The standard InChI is InChI=1S/C31H33N5O5/c1-2-39-24-15-12-21(13-16-24)30(31(38)32-22-8-4-3-5-9-22)36(23-14-17-27-28(18-23)41-20-40-27)29(37)19-35-26-11-7-6-10-25(26)33-34-35/h6-7,10-18,22,30H,2-5,8-9,19-20H2,1H3,(H,32,38)/t30-/m1/s1. The van der Waals surface area contributed by atoms with E-state index in [1.807, 2.05) is 55.5 Å². The molecule has 1 aliphatic heterocycles. The molecule has 1 fully saturated rings. The summed E-state index contributed by atoms with van der Waals surface area (Å²) in [4.78, 5) is 30.0. The Kier molecular flexibility index (Phi) is 7.71. The topological polar surface area (TPSA) is 108 Å². The molecular formula is C31H33N5O5. The second-order valence-corrected chi connectivity index (χ2v) is 10.3. The third kappa shape index (κ3) is 5.68. The molecule has 3 aromatic carbocycles. The molecule has 0 unspecified atom stereocenters. The fourth-order valence-corrected chi connectivity index (χ4v) is 5.57. The molecule has 0 bridgehead atoms. The van der Waals surface area contributed by atoms with Crippen molar-refractivity contribution in [1.82, 2.24) is 20.3 Å². The first kappa shape index (κ1) is 26.6. The number of hydrogen-bond acceptors (Lipinski definition) is 7. The molecule has 1 aromatic heterocycles. The normalized spacial score (nSPS) is 15.4. The maximum absolute atomic E-state index is 14.3. The van der Waals surface area contributed by atoms with Gasteiger partial charge in [0.1, 0.15) is 23.9 Å². The molecule has 1 atom stereocenters. The van der Waals surface area contributed by atoms with Crippen molar-refractivity contribution >= 4 is 28.5 Å². The van der Waals surface area contributed by atoms with Gasteiger partial charge in [-0.2, -0.15) is 0 Å². The van der Waals surface area contributed by atoms with E-state index in [4.69, 9.17) is 14.2 Å². The van der Waals surface area contributed by atoms with Gasteiger partial charge in [0.25, 0.3) is 0 Å². The zero-order valence-electron chi connectivity index (χ0n) is 23.0. The van der Waals surface area contributed by atoms with Crippen LogP contribution in [0.3, 0.4) is 0 Å². The highest BCUT2D eigenvalue weighted by atomic mass is 16.7. The Bertz CT molecular complexity index is 1530. The molecule has 0 saturated heterocycles. The second kappa shape index (κ2) is 11.9. The molecule has 10 nitrogen and oxygen atoms in total. The van der Waals surface area contributed by atoms with E-state index in [1.165, 1.54) is 11.3 Å². The monoisotopic (exact) mass is 555 g/mol. The van der Waals surface area contributed by atoms with Crippen molar-refractivity contribution in [1.29, 1.82) is 0 Å². The summed E-state index contributed by atoms with van der Waals surface area (Å²) >= 11 is 0. The smallest absolute Gasteiger partial charge is 0.249 e. The molecule has 1 aliphatic carbocycles. The Morgan fingerprint density at radius 1 is 1.02 bits per heavy atom. The molecule has 212 valence electrons. The molecule has 0 spiro atoms. The van der Waals surface area contributed by atoms with Gasteiger partial charge in [-0.05, 0) is 61.7 Å². The van der Waals surface area contributed by atoms with Crippen molar-refractivity contribution in [2.75, 3.05) is 18.3 Å². The Balaban J connectivity index is 1.41. The number of fused-ring (bicyclic) bond motifs is 2. The van der Waals surface area contributed by atoms with E-state index in [-0.39, 0.29) is 31.2 Å². The Morgan fingerprint density at radius 3 is 2.61 bits per heavy atom. The lowest BCUT2D eigenvalue weighted by molar-refractivity contribution is -0.127. The van der Waals surface area contributed by atoms with Crippen LogP contribution in [-0.4, -0.2) is 46.2 Å². The minimum Gasteiger partial charge on any atom is -0.494 e. The molecule has 0 radical (unpaired) electrons. The van der Waals surface area contributed by atoms with Crippen LogP contribution in [-0.2, 0) is 16.1 Å². The Morgan fingerprint density at radius 2 is 1.80 bits per heavy atom. The van der Waals surface area contributed by atoms with Gasteiger partial charge >= 0.3 is 0 Å². The number of hydrogen-bond donors (Lipinski definition) is 1. The third-order valence-corrected chi connectivity index (χ3v) is 7.57. The minimum absolute atomic E-state index is 0.0643. The van der Waals surface area contributed by atoms with Crippen LogP contribution >= 0.6 is 0 Å². The van der Waals surface area contributed by atoms with Gasteiger partial charge in [-0.25, -0.2) is 4.68 Å². The fourth-order valence-electron chi connectivity index (χ4n) is 5.57. The largest absolute Gasteiger partial charge is 0.494 e. The van der Waals surface area contributed by atoms with Crippen molar-refractivity contribution in [2.24, 2.45) is 0 Å². The average molecular weight is 556 g/mol. The summed E-state index contributed by atoms with van der Waals surface area (Å²) in [6.45, 7) is 2.43. The summed E-state index contributed by atoms with van der Waals surface area (Å²) in [5.41, 5.74) is 2.60. The number of anilines is 1. The first-order valence-corrected chi connectivity index (χ1v) is 14.1. The molecule has 10 heteroatoms. The fraction of sp³-hybridized carbons (Fsp3) is 0.355. The van der Waals surface area contributed by atoms with Crippen LogP contribution in [0.1, 0.15) is 50.6 Å². The highest BCUT2D eigenvalue weighted by Crippen LogP contribution is 2.38. The summed E-state index contributed by atoms with van der Waals surface area (Å²) in [6, 6.07) is 19.2. The molecule has 41 heavy (non-hydrogen) atoms. The zero-order chi connectivity index (χ0) is 28.2. The van der Waals surface area contributed by atoms with E-state index in [9.17, 15) is 9.59 Å². The Hall–Kier alpha value is -4.60. The van der Waals surface area contributed by atoms with Gasteiger partial charge in [-0.1, -0.05) is 48.7 Å². The molecule has 1 N–H and O–H groups in total. The van der Waals surface area contributed by atoms with E-state index in [0.29, 0.717) is 40.6 Å². The number of carbonyl (C=O) groups is 2. The van der Waals surface area contributed by atoms with E-state index in [0.717, 1.165) is 31.2 Å². The van der Waals surface area contributed by atoms with E-state index in [2.05, 4.69) is 15.6 Å². The van der Waals surface area contributed by atoms with Gasteiger partial charge in [0, 0.05) is 17.8 Å². The average Bonchev–Trinajstić information content (AvgIpc) is 3.64. The van der Waals surface area contributed by atoms with Crippen LogP contribution in [0.15, 0.2) is 66.7 Å². The lowest BCUT2D eigenvalue weighted by Gasteiger charge is -2.33. The van der Waals surface area contributed by atoms with Crippen LogP contribution in [0, 0.1) is 0 Å². The number of para-hydroxylation sites is 1. The SMILES string of the molecule is CCOc1ccc([C@H](C(=O)NC2CCCCC2)N(C(=O)Cn2nnc3ccccc32)c2ccc3c(c2)OCO3)cc1. The van der Waals surface area contributed by atoms with Crippen LogP contribution < -0.4 is 24.4 Å². The lowest BCUT2D eigenvalue weighted by Crippen LogP contribution is -2.48. The van der Waals surface area contributed by atoms with Crippen molar-refractivity contribution < 1.29 is 23.8 Å². The summed E-state index contributed by atoms with van der Waals surface area (Å²) in [5.74, 6) is 1.24. The number of nitrogens with one attached hydrogen (secondary N) is 1. The van der Waals surface area contributed by atoms with Gasteiger partial charge in [0.15, 0.2) is 11.5 Å². The van der Waals surface area contributed by atoms with Crippen LogP contribution in [0.5, 0.6) is 17.2 Å². The highest BCUT2D eigenvalue weighted by molar-refractivity contribution is 6.02. The zero-order valence-corrected chi connectivity index (χ0v) is 23.0. The number of carbonyl (C=O) groups excluding carboxylic acids is 2. The van der Waals surface area contributed by atoms with Gasteiger partial charge in [0.2, 0.25) is 18.6 Å². The number of rotatable bonds is 9. The van der Waals surface area contributed by atoms with Crippen molar-refractivity contribution in [3.8, 4) is 17.2 Å². The minimum atomic E-state index is -0.949. The maximum Gasteiger partial charge on any atom is 0.249 e.